The van der Waals surface area contributed by atoms with Crippen LogP contribution in [0, 0.1) is 0 Å². The average Bonchev–Trinajstić information content (AvgIpc) is 2.29. The highest BCUT2D eigenvalue weighted by atomic mass is 16.5. The summed E-state index contributed by atoms with van der Waals surface area (Å²) in [6.07, 6.45) is 4.42. The molecule has 0 radical (unpaired) electrons. The molecule has 0 spiro atoms. The van der Waals surface area contributed by atoms with E-state index in [0.29, 0.717) is 12.2 Å². The molecule has 1 aromatic rings. The Morgan fingerprint density at radius 2 is 2.40 bits per heavy atom. The summed E-state index contributed by atoms with van der Waals surface area (Å²) in [5.41, 5.74) is 1.62. The van der Waals surface area contributed by atoms with E-state index >= 15 is 0 Å². The van der Waals surface area contributed by atoms with E-state index in [1.54, 1.807) is 25.3 Å². The molecule has 0 fully saturated rings. The largest absolute Gasteiger partial charge is 0.465 e. The SMILES string of the molecule is CCOC(=O)c1ccc2c(c1)OC=CC2. The molecule has 0 aromatic heterocycles. The van der Waals surface area contributed by atoms with Crippen molar-refractivity contribution < 1.29 is 14.3 Å². The second-order valence-electron chi connectivity index (χ2n) is 3.24. The fraction of sp³-hybridized carbons (Fsp3) is 0.250. The minimum absolute atomic E-state index is 0.307. The summed E-state index contributed by atoms with van der Waals surface area (Å²) in [6.45, 7) is 2.17. The highest BCUT2D eigenvalue weighted by Gasteiger charge is 2.12. The van der Waals surface area contributed by atoms with Gasteiger partial charge in [-0.3, -0.25) is 0 Å². The predicted octanol–water partition coefficient (Wildman–Crippen LogP) is 2.31. The van der Waals surface area contributed by atoms with Gasteiger partial charge in [0.25, 0.3) is 0 Å². The van der Waals surface area contributed by atoms with Crippen LogP contribution in [0.1, 0.15) is 22.8 Å². The molecule has 15 heavy (non-hydrogen) atoms. The van der Waals surface area contributed by atoms with E-state index in [4.69, 9.17) is 9.47 Å². The molecule has 0 amide bonds. The fourth-order valence-corrected chi connectivity index (χ4v) is 1.47. The molecule has 78 valence electrons. The number of carbonyl (C=O) groups is 1. The molecule has 1 heterocycles. The van der Waals surface area contributed by atoms with Gasteiger partial charge in [0.15, 0.2) is 0 Å². The molecule has 3 nitrogen and oxygen atoms in total. The zero-order valence-corrected chi connectivity index (χ0v) is 8.53. The lowest BCUT2D eigenvalue weighted by atomic mass is 10.1. The van der Waals surface area contributed by atoms with Gasteiger partial charge >= 0.3 is 5.97 Å². The first-order valence-corrected chi connectivity index (χ1v) is 4.93. The van der Waals surface area contributed by atoms with Crippen molar-refractivity contribution in [3.05, 3.63) is 41.7 Å². The minimum atomic E-state index is -0.307. The predicted molar refractivity (Wildman–Crippen MR) is 55.9 cm³/mol. The van der Waals surface area contributed by atoms with Gasteiger partial charge in [0.2, 0.25) is 0 Å². The Kier molecular flexibility index (Phi) is 2.72. The number of benzene rings is 1. The zero-order valence-electron chi connectivity index (χ0n) is 8.53. The van der Waals surface area contributed by atoms with E-state index in [0.717, 1.165) is 17.7 Å². The second-order valence-corrected chi connectivity index (χ2v) is 3.24. The lowest BCUT2D eigenvalue weighted by Gasteiger charge is -2.12. The van der Waals surface area contributed by atoms with E-state index in [1.165, 1.54) is 0 Å². The van der Waals surface area contributed by atoms with Crippen LogP contribution < -0.4 is 4.74 Å². The Labute approximate surface area is 88.3 Å². The van der Waals surface area contributed by atoms with Crippen molar-refractivity contribution in [3.8, 4) is 5.75 Å². The Morgan fingerprint density at radius 3 is 3.20 bits per heavy atom. The summed E-state index contributed by atoms with van der Waals surface area (Å²) in [5, 5.41) is 0. The lowest BCUT2D eigenvalue weighted by molar-refractivity contribution is 0.0526. The molecule has 1 aliphatic heterocycles. The van der Waals surface area contributed by atoms with Crippen molar-refractivity contribution in [3.63, 3.8) is 0 Å². The Hall–Kier alpha value is -1.77. The van der Waals surface area contributed by atoms with Gasteiger partial charge in [-0.05, 0) is 37.1 Å². The van der Waals surface area contributed by atoms with Gasteiger partial charge in [-0.15, -0.1) is 0 Å². The molecule has 1 aliphatic rings. The molecule has 2 rings (SSSR count). The molecule has 0 aliphatic carbocycles. The summed E-state index contributed by atoms with van der Waals surface area (Å²) in [7, 11) is 0. The summed E-state index contributed by atoms with van der Waals surface area (Å²) >= 11 is 0. The molecule has 0 saturated heterocycles. The third-order valence-corrected chi connectivity index (χ3v) is 2.21. The number of fused-ring (bicyclic) bond motifs is 1. The first-order valence-electron chi connectivity index (χ1n) is 4.93. The van der Waals surface area contributed by atoms with Gasteiger partial charge in [0.05, 0.1) is 18.4 Å². The number of hydrogen-bond acceptors (Lipinski definition) is 3. The maximum atomic E-state index is 11.4. The number of allylic oxidation sites excluding steroid dienone is 1. The molecule has 0 unspecified atom stereocenters. The number of rotatable bonds is 2. The van der Waals surface area contributed by atoms with E-state index in [1.807, 2.05) is 12.1 Å². The Balaban J connectivity index is 2.26. The van der Waals surface area contributed by atoms with Gasteiger partial charge < -0.3 is 9.47 Å². The van der Waals surface area contributed by atoms with E-state index in [2.05, 4.69) is 0 Å². The maximum absolute atomic E-state index is 11.4. The quantitative estimate of drug-likeness (QED) is 0.693. The van der Waals surface area contributed by atoms with Gasteiger partial charge in [0, 0.05) is 0 Å². The summed E-state index contributed by atoms with van der Waals surface area (Å²) in [4.78, 5) is 11.4. The van der Waals surface area contributed by atoms with Crippen LogP contribution in [0.5, 0.6) is 5.75 Å². The first kappa shape index (κ1) is 9.77. The van der Waals surface area contributed by atoms with Crippen LogP contribution in [-0.2, 0) is 11.2 Å². The Morgan fingerprint density at radius 1 is 1.53 bits per heavy atom. The number of carbonyl (C=O) groups excluding carboxylic acids is 1. The van der Waals surface area contributed by atoms with Gasteiger partial charge in [-0.1, -0.05) is 6.07 Å². The first-order chi connectivity index (χ1) is 7.31. The summed E-state index contributed by atoms with van der Waals surface area (Å²) in [6, 6.07) is 5.38. The van der Waals surface area contributed by atoms with Crippen molar-refractivity contribution in [2.24, 2.45) is 0 Å². The van der Waals surface area contributed by atoms with E-state index in [-0.39, 0.29) is 5.97 Å². The molecule has 0 saturated carbocycles. The summed E-state index contributed by atoms with van der Waals surface area (Å²) < 4.78 is 10.2. The topological polar surface area (TPSA) is 35.5 Å². The van der Waals surface area contributed by atoms with Crippen molar-refractivity contribution >= 4 is 5.97 Å². The third kappa shape index (κ3) is 2.01. The van der Waals surface area contributed by atoms with Crippen molar-refractivity contribution in [2.45, 2.75) is 13.3 Å². The van der Waals surface area contributed by atoms with E-state index < -0.39 is 0 Å². The fourth-order valence-electron chi connectivity index (χ4n) is 1.47. The highest BCUT2D eigenvalue weighted by molar-refractivity contribution is 5.90. The zero-order chi connectivity index (χ0) is 10.7. The molecule has 0 bridgehead atoms. The van der Waals surface area contributed by atoms with Gasteiger partial charge in [-0.2, -0.15) is 0 Å². The van der Waals surface area contributed by atoms with E-state index in [9.17, 15) is 4.79 Å². The molecule has 1 aromatic carbocycles. The number of esters is 1. The standard InChI is InChI=1S/C12H12O3/c1-2-14-12(13)10-6-5-9-4-3-7-15-11(9)8-10/h3,5-8H,2,4H2,1H3. The van der Waals surface area contributed by atoms with Crippen LogP contribution >= 0.6 is 0 Å². The van der Waals surface area contributed by atoms with Crippen LogP contribution in [0.4, 0.5) is 0 Å². The normalized spacial score (nSPS) is 12.9. The molecule has 0 N–H and O–H groups in total. The minimum Gasteiger partial charge on any atom is -0.465 e. The van der Waals surface area contributed by atoms with Crippen LogP contribution in [-0.4, -0.2) is 12.6 Å². The van der Waals surface area contributed by atoms with Crippen molar-refractivity contribution in [1.29, 1.82) is 0 Å². The van der Waals surface area contributed by atoms with Crippen LogP contribution in [0.2, 0.25) is 0 Å². The van der Waals surface area contributed by atoms with Crippen LogP contribution in [0.25, 0.3) is 0 Å². The highest BCUT2D eigenvalue weighted by Crippen LogP contribution is 2.24. The van der Waals surface area contributed by atoms with Gasteiger partial charge in [0.1, 0.15) is 5.75 Å². The lowest BCUT2D eigenvalue weighted by Crippen LogP contribution is -2.06. The van der Waals surface area contributed by atoms with Gasteiger partial charge in [-0.25, -0.2) is 4.79 Å². The molecule has 3 heteroatoms. The Bertz CT molecular complexity index is 407. The molecular formula is C12H12O3. The monoisotopic (exact) mass is 204 g/mol. The van der Waals surface area contributed by atoms with Crippen LogP contribution in [0.3, 0.4) is 0 Å². The maximum Gasteiger partial charge on any atom is 0.338 e. The smallest absolute Gasteiger partial charge is 0.338 e. The molecule has 0 atom stereocenters. The van der Waals surface area contributed by atoms with Crippen molar-refractivity contribution in [1.82, 2.24) is 0 Å². The average molecular weight is 204 g/mol. The number of ether oxygens (including phenoxy) is 2. The summed E-state index contributed by atoms with van der Waals surface area (Å²) in [5.74, 6) is 0.432. The van der Waals surface area contributed by atoms with Crippen LogP contribution in [0.15, 0.2) is 30.5 Å². The third-order valence-electron chi connectivity index (χ3n) is 2.21. The second kappa shape index (κ2) is 4.17. The number of hydrogen-bond donors (Lipinski definition) is 0. The van der Waals surface area contributed by atoms with Crippen molar-refractivity contribution in [2.75, 3.05) is 6.61 Å². The molecular weight excluding hydrogens is 192 g/mol.